The van der Waals surface area contributed by atoms with E-state index in [9.17, 15) is 9.18 Å². The molecule has 1 aliphatic heterocycles. The highest BCUT2D eigenvalue weighted by Gasteiger charge is 2.35. The standard InChI is InChI=1S/C11H15FN2O2/c1-7-2-3-9(16-7)6-14-5-8(12)4-10(14)11(13)15/h2-3,8,10H,4-6H2,1H3,(H2,13,15)/t8-,10+/m1/s1. The Morgan fingerprint density at radius 2 is 2.44 bits per heavy atom. The molecule has 1 aromatic heterocycles. The van der Waals surface area contributed by atoms with Gasteiger partial charge in [0, 0.05) is 13.0 Å². The fourth-order valence-electron chi connectivity index (χ4n) is 2.09. The number of nitrogens with two attached hydrogens (primary N) is 1. The second-order valence-corrected chi connectivity index (χ2v) is 4.19. The van der Waals surface area contributed by atoms with Gasteiger partial charge in [0.05, 0.1) is 12.6 Å². The Morgan fingerprint density at radius 3 is 3.00 bits per heavy atom. The molecule has 1 aromatic rings. The Bertz CT molecular complexity index is 391. The van der Waals surface area contributed by atoms with E-state index in [1.54, 1.807) is 4.90 Å². The van der Waals surface area contributed by atoms with Crippen LogP contribution in [0.2, 0.25) is 0 Å². The first-order chi connectivity index (χ1) is 7.56. The lowest BCUT2D eigenvalue weighted by atomic mass is 10.2. The van der Waals surface area contributed by atoms with Gasteiger partial charge in [-0.1, -0.05) is 0 Å². The molecule has 2 rings (SSSR count). The van der Waals surface area contributed by atoms with Crippen molar-refractivity contribution in [1.82, 2.24) is 4.90 Å². The Balaban J connectivity index is 2.05. The van der Waals surface area contributed by atoms with E-state index in [4.69, 9.17) is 10.2 Å². The number of halogens is 1. The molecule has 0 spiro atoms. The van der Waals surface area contributed by atoms with Gasteiger partial charge >= 0.3 is 0 Å². The van der Waals surface area contributed by atoms with Gasteiger partial charge in [-0.2, -0.15) is 0 Å². The van der Waals surface area contributed by atoms with Crippen LogP contribution < -0.4 is 5.73 Å². The van der Waals surface area contributed by atoms with Crippen molar-refractivity contribution in [3.63, 3.8) is 0 Å². The second kappa shape index (κ2) is 4.25. The minimum absolute atomic E-state index is 0.190. The number of furan rings is 1. The zero-order valence-electron chi connectivity index (χ0n) is 9.15. The van der Waals surface area contributed by atoms with Crippen molar-refractivity contribution < 1.29 is 13.6 Å². The van der Waals surface area contributed by atoms with Crippen LogP contribution in [-0.4, -0.2) is 29.6 Å². The van der Waals surface area contributed by atoms with E-state index in [1.165, 1.54) is 0 Å². The summed E-state index contributed by atoms with van der Waals surface area (Å²) in [5.41, 5.74) is 5.23. The maximum atomic E-state index is 13.2. The second-order valence-electron chi connectivity index (χ2n) is 4.19. The molecule has 0 unspecified atom stereocenters. The number of alkyl halides is 1. The van der Waals surface area contributed by atoms with Crippen LogP contribution in [0.3, 0.4) is 0 Å². The fourth-order valence-corrected chi connectivity index (χ4v) is 2.09. The first kappa shape index (κ1) is 11.1. The van der Waals surface area contributed by atoms with Crippen LogP contribution in [-0.2, 0) is 11.3 Å². The molecular formula is C11H15FN2O2. The van der Waals surface area contributed by atoms with Crippen LogP contribution in [0.4, 0.5) is 4.39 Å². The van der Waals surface area contributed by atoms with E-state index >= 15 is 0 Å². The van der Waals surface area contributed by atoms with Crippen molar-refractivity contribution in [1.29, 1.82) is 0 Å². The highest BCUT2D eigenvalue weighted by molar-refractivity contribution is 5.80. The van der Waals surface area contributed by atoms with Gasteiger partial charge in [-0.3, -0.25) is 9.69 Å². The van der Waals surface area contributed by atoms with Crippen LogP contribution in [0.15, 0.2) is 16.5 Å². The summed E-state index contributed by atoms with van der Waals surface area (Å²) in [5, 5.41) is 0. The summed E-state index contributed by atoms with van der Waals surface area (Å²) in [7, 11) is 0. The summed E-state index contributed by atoms with van der Waals surface area (Å²) in [5.74, 6) is 1.07. The lowest BCUT2D eigenvalue weighted by Crippen LogP contribution is -2.39. The Kier molecular flexibility index (Phi) is 2.96. The van der Waals surface area contributed by atoms with Gasteiger partial charge in [0.25, 0.3) is 0 Å². The summed E-state index contributed by atoms with van der Waals surface area (Å²) in [4.78, 5) is 12.9. The summed E-state index contributed by atoms with van der Waals surface area (Å²) in [6.07, 6.45) is -0.789. The first-order valence-corrected chi connectivity index (χ1v) is 5.29. The van der Waals surface area contributed by atoms with Gasteiger partial charge in [0.1, 0.15) is 17.7 Å². The van der Waals surface area contributed by atoms with Crippen molar-refractivity contribution in [3.8, 4) is 0 Å². The monoisotopic (exact) mass is 226 g/mol. The van der Waals surface area contributed by atoms with E-state index < -0.39 is 18.1 Å². The van der Waals surface area contributed by atoms with E-state index in [0.717, 1.165) is 11.5 Å². The van der Waals surface area contributed by atoms with E-state index in [0.29, 0.717) is 6.54 Å². The molecular weight excluding hydrogens is 211 g/mol. The third-order valence-electron chi connectivity index (χ3n) is 2.84. The maximum absolute atomic E-state index is 13.2. The van der Waals surface area contributed by atoms with Crippen LogP contribution >= 0.6 is 0 Å². The molecule has 2 N–H and O–H groups in total. The highest BCUT2D eigenvalue weighted by atomic mass is 19.1. The normalized spacial score (nSPS) is 26.1. The molecule has 0 saturated carbocycles. The molecule has 1 fully saturated rings. The van der Waals surface area contributed by atoms with Crippen molar-refractivity contribution in [2.45, 2.75) is 32.1 Å². The predicted molar refractivity (Wildman–Crippen MR) is 56.4 cm³/mol. The molecule has 0 bridgehead atoms. The van der Waals surface area contributed by atoms with Crippen molar-refractivity contribution in [3.05, 3.63) is 23.7 Å². The van der Waals surface area contributed by atoms with E-state index in [1.807, 2.05) is 19.1 Å². The van der Waals surface area contributed by atoms with Gasteiger partial charge in [0.2, 0.25) is 5.91 Å². The molecule has 4 nitrogen and oxygen atoms in total. The predicted octanol–water partition coefficient (Wildman–Crippen LogP) is 0.986. The molecule has 1 aliphatic rings. The van der Waals surface area contributed by atoms with Gasteiger partial charge in [0.15, 0.2) is 0 Å². The number of carbonyl (C=O) groups excluding carboxylic acids is 1. The lowest BCUT2D eigenvalue weighted by Gasteiger charge is -2.19. The molecule has 0 radical (unpaired) electrons. The van der Waals surface area contributed by atoms with Gasteiger partial charge < -0.3 is 10.2 Å². The van der Waals surface area contributed by atoms with E-state index in [-0.39, 0.29) is 13.0 Å². The smallest absolute Gasteiger partial charge is 0.234 e. The molecule has 16 heavy (non-hydrogen) atoms. The van der Waals surface area contributed by atoms with Crippen LogP contribution in [0.5, 0.6) is 0 Å². The third kappa shape index (κ3) is 2.24. The minimum atomic E-state index is -0.978. The lowest BCUT2D eigenvalue weighted by molar-refractivity contribution is -0.122. The topological polar surface area (TPSA) is 59.5 Å². The number of likely N-dealkylation sites (tertiary alicyclic amines) is 1. The molecule has 0 aromatic carbocycles. The summed E-state index contributed by atoms with van der Waals surface area (Å²) >= 11 is 0. The molecule has 1 amide bonds. The number of hydrogen-bond donors (Lipinski definition) is 1. The summed E-state index contributed by atoms with van der Waals surface area (Å²) in [6, 6.07) is 3.16. The van der Waals surface area contributed by atoms with Crippen LogP contribution in [0.25, 0.3) is 0 Å². The maximum Gasteiger partial charge on any atom is 0.234 e. The molecule has 2 heterocycles. The van der Waals surface area contributed by atoms with Crippen molar-refractivity contribution in [2.24, 2.45) is 5.73 Å². The Morgan fingerprint density at radius 1 is 1.69 bits per heavy atom. The average Bonchev–Trinajstić information content (AvgIpc) is 2.74. The Hall–Kier alpha value is -1.36. The SMILES string of the molecule is Cc1ccc(CN2C[C@H](F)C[C@H]2C(N)=O)o1. The molecule has 5 heteroatoms. The van der Waals surface area contributed by atoms with Crippen molar-refractivity contribution in [2.75, 3.05) is 6.54 Å². The summed E-state index contributed by atoms with van der Waals surface area (Å²) in [6.45, 7) is 2.52. The largest absolute Gasteiger partial charge is 0.465 e. The molecule has 2 atom stereocenters. The first-order valence-electron chi connectivity index (χ1n) is 5.29. The molecule has 0 aliphatic carbocycles. The Labute approximate surface area is 93.2 Å². The van der Waals surface area contributed by atoms with Crippen LogP contribution in [0.1, 0.15) is 17.9 Å². The number of primary amides is 1. The molecule has 1 saturated heterocycles. The number of amides is 1. The third-order valence-corrected chi connectivity index (χ3v) is 2.84. The quantitative estimate of drug-likeness (QED) is 0.836. The zero-order chi connectivity index (χ0) is 11.7. The van der Waals surface area contributed by atoms with Crippen molar-refractivity contribution >= 4 is 5.91 Å². The number of rotatable bonds is 3. The van der Waals surface area contributed by atoms with Gasteiger partial charge in [-0.05, 0) is 19.1 Å². The minimum Gasteiger partial charge on any atom is -0.465 e. The van der Waals surface area contributed by atoms with Gasteiger partial charge in [-0.25, -0.2) is 4.39 Å². The average molecular weight is 226 g/mol. The van der Waals surface area contributed by atoms with E-state index in [2.05, 4.69) is 0 Å². The summed E-state index contributed by atoms with van der Waals surface area (Å²) < 4.78 is 18.6. The number of carbonyl (C=O) groups is 1. The molecule has 88 valence electrons. The van der Waals surface area contributed by atoms with Crippen LogP contribution in [0, 0.1) is 6.92 Å². The number of nitrogens with zero attached hydrogens (tertiary/aromatic N) is 1. The zero-order valence-corrected chi connectivity index (χ0v) is 9.15. The fraction of sp³-hybridized carbons (Fsp3) is 0.545. The number of aryl methyl sites for hydroxylation is 1. The number of hydrogen-bond acceptors (Lipinski definition) is 3. The highest BCUT2D eigenvalue weighted by Crippen LogP contribution is 2.23. The van der Waals surface area contributed by atoms with Gasteiger partial charge in [-0.15, -0.1) is 0 Å².